The van der Waals surface area contributed by atoms with Gasteiger partial charge < -0.3 is 14.9 Å². The van der Waals surface area contributed by atoms with Gasteiger partial charge in [-0.2, -0.15) is 0 Å². The van der Waals surface area contributed by atoms with Crippen molar-refractivity contribution in [1.29, 1.82) is 0 Å². The molecule has 4 heteroatoms. The Kier molecular flexibility index (Phi) is 4.20. The molecule has 3 nitrogen and oxygen atoms in total. The smallest absolute Gasteiger partial charge is 0.125 e. The van der Waals surface area contributed by atoms with Crippen LogP contribution in [-0.4, -0.2) is 22.9 Å². The van der Waals surface area contributed by atoms with E-state index in [1.165, 1.54) is 0 Å². The summed E-state index contributed by atoms with van der Waals surface area (Å²) in [4.78, 5) is 0. The zero-order valence-electron chi connectivity index (χ0n) is 7.90. The summed E-state index contributed by atoms with van der Waals surface area (Å²) < 4.78 is 5.28. The van der Waals surface area contributed by atoms with Crippen LogP contribution in [0.25, 0.3) is 0 Å². The number of halogens is 1. The number of hydrogen-bond acceptors (Lipinski definition) is 3. The number of benzene rings is 1. The molecule has 0 aliphatic carbocycles. The largest absolute Gasteiger partial charge is 0.491 e. The van der Waals surface area contributed by atoms with Crippen LogP contribution in [0, 0.1) is 0 Å². The highest BCUT2D eigenvalue weighted by Gasteiger charge is 2.04. The van der Waals surface area contributed by atoms with Crippen LogP contribution in [0.2, 0.25) is 5.02 Å². The van der Waals surface area contributed by atoms with E-state index in [0.29, 0.717) is 16.3 Å². The van der Waals surface area contributed by atoms with E-state index >= 15 is 0 Å². The second kappa shape index (κ2) is 5.20. The second-order valence-electron chi connectivity index (χ2n) is 3.07. The molecule has 0 spiro atoms. The molecular formula is C10H13ClO3. The molecule has 0 radical (unpaired) electrons. The molecule has 1 unspecified atom stereocenters. The molecule has 0 aromatic heterocycles. The van der Waals surface area contributed by atoms with Crippen molar-refractivity contribution in [3.8, 4) is 5.75 Å². The monoisotopic (exact) mass is 216 g/mol. The summed E-state index contributed by atoms with van der Waals surface area (Å²) in [7, 11) is 0. The van der Waals surface area contributed by atoms with Crippen molar-refractivity contribution >= 4 is 11.6 Å². The fourth-order valence-electron chi connectivity index (χ4n) is 1.02. The zero-order chi connectivity index (χ0) is 10.6. The maximum absolute atomic E-state index is 9.02. The fraction of sp³-hybridized carbons (Fsp3) is 0.400. The Balaban J connectivity index is 2.75. The lowest BCUT2D eigenvalue weighted by Gasteiger charge is -2.11. The van der Waals surface area contributed by atoms with Crippen LogP contribution in [0.3, 0.4) is 0 Å². The van der Waals surface area contributed by atoms with Gasteiger partial charge in [-0.15, -0.1) is 0 Å². The van der Waals surface area contributed by atoms with E-state index in [4.69, 9.17) is 26.6 Å². The summed E-state index contributed by atoms with van der Waals surface area (Å²) in [6.07, 6.45) is -0.530. The number of aliphatic hydroxyl groups excluding tert-OH is 2. The highest BCUT2D eigenvalue weighted by atomic mass is 35.5. The van der Waals surface area contributed by atoms with Crippen molar-refractivity contribution in [3.63, 3.8) is 0 Å². The topological polar surface area (TPSA) is 49.7 Å². The van der Waals surface area contributed by atoms with Crippen LogP contribution in [0.1, 0.15) is 12.5 Å². The molecule has 14 heavy (non-hydrogen) atoms. The number of ether oxygens (including phenoxy) is 1. The number of hydrogen-bond donors (Lipinski definition) is 2. The second-order valence-corrected chi connectivity index (χ2v) is 3.51. The van der Waals surface area contributed by atoms with Crippen molar-refractivity contribution in [2.24, 2.45) is 0 Å². The highest BCUT2D eigenvalue weighted by Crippen LogP contribution is 2.22. The minimum absolute atomic E-state index is 0.129. The molecule has 0 amide bonds. The van der Waals surface area contributed by atoms with Crippen molar-refractivity contribution < 1.29 is 14.9 Å². The first-order valence-electron chi connectivity index (χ1n) is 4.33. The molecule has 1 rings (SSSR count). The molecule has 0 aliphatic heterocycles. The molecule has 1 aromatic carbocycles. The van der Waals surface area contributed by atoms with Crippen LogP contribution in [0.15, 0.2) is 18.2 Å². The predicted molar refractivity (Wildman–Crippen MR) is 54.6 cm³/mol. The van der Waals surface area contributed by atoms with Gasteiger partial charge in [-0.05, 0) is 25.1 Å². The van der Waals surface area contributed by atoms with Crippen LogP contribution >= 0.6 is 11.6 Å². The minimum Gasteiger partial charge on any atom is -0.491 e. The molecular weight excluding hydrogens is 204 g/mol. The van der Waals surface area contributed by atoms with E-state index in [1.54, 1.807) is 25.1 Å². The third-order valence-electron chi connectivity index (χ3n) is 1.67. The van der Waals surface area contributed by atoms with Gasteiger partial charge in [-0.25, -0.2) is 0 Å². The molecule has 0 saturated heterocycles. The maximum atomic E-state index is 9.02. The van der Waals surface area contributed by atoms with Crippen molar-refractivity contribution in [1.82, 2.24) is 0 Å². The average molecular weight is 217 g/mol. The summed E-state index contributed by atoms with van der Waals surface area (Å²) in [5.74, 6) is 0.554. The first-order valence-corrected chi connectivity index (χ1v) is 4.71. The fourth-order valence-corrected chi connectivity index (χ4v) is 1.22. The molecule has 0 heterocycles. The lowest BCUT2D eigenvalue weighted by atomic mass is 10.2. The molecule has 78 valence electrons. The van der Waals surface area contributed by atoms with Gasteiger partial charge in [0.25, 0.3) is 0 Å². The van der Waals surface area contributed by atoms with Gasteiger partial charge in [0.2, 0.25) is 0 Å². The summed E-state index contributed by atoms with van der Waals surface area (Å²) in [5, 5.41) is 18.6. The Morgan fingerprint density at radius 3 is 2.79 bits per heavy atom. The van der Waals surface area contributed by atoms with Crippen LogP contribution < -0.4 is 4.74 Å². The SMILES string of the molecule is CC(O)COc1ccc(Cl)cc1CO. The Morgan fingerprint density at radius 1 is 1.50 bits per heavy atom. The van der Waals surface area contributed by atoms with Crippen molar-refractivity contribution in [2.75, 3.05) is 6.61 Å². The van der Waals surface area contributed by atoms with Gasteiger partial charge in [-0.1, -0.05) is 11.6 Å². The lowest BCUT2D eigenvalue weighted by molar-refractivity contribution is 0.121. The Morgan fingerprint density at radius 2 is 2.21 bits per heavy atom. The first kappa shape index (κ1) is 11.3. The molecule has 2 N–H and O–H groups in total. The van der Waals surface area contributed by atoms with Crippen LogP contribution in [0.5, 0.6) is 5.75 Å². The normalized spacial score (nSPS) is 12.6. The van der Waals surface area contributed by atoms with E-state index < -0.39 is 6.10 Å². The molecule has 1 atom stereocenters. The lowest BCUT2D eigenvalue weighted by Crippen LogP contribution is -2.13. The van der Waals surface area contributed by atoms with E-state index in [1.807, 2.05) is 0 Å². The van der Waals surface area contributed by atoms with Gasteiger partial charge in [-0.3, -0.25) is 0 Å². The van der Waals surface area contributed by atoms with Gasteiger partial charge in [0.15, 0.2) is 0 Å². The standard InChI is InChI=1S/C10H13ClO3/c1-7(13)6-14-10-3-2-9(11)4-8(10)5-12/h2-4,7,12-13H,5-6H2,1H3. The van der Waals surface area contributed by atoms with Crippen molar-refractivity contribution in [2.45, 2.75) is 19.6 Å². The molecule has 0 saturated carbocycles. The van der Waals surface area contributed by atoms with Crippen LogP contribution in [-0.2, 0) is 6.61 Å². The third kappa shape index (κ3) is 3.18. The first-order chi connectivity index (χ1) is 6.63. The molecule has 1 aromatic rings. The van der Waals surface area contributed by atoms with Gasteiger partial charge >= 0.3 is 0 Å². The quantitative estimate of drug-likeness (QED) is 0.804. The Hall–Kier alpha value is -0.770. The van der Waals surface area contributed by atoms with Gasteiger partial charge in [0.1, 0.15) is 12.4 Å². The molecule has 0 aliphatic rings. The maximum Gasteiger partial charge on any atom is 0.125 e. The Bertz CT molecular complexity index is 299. The summed E-state index contributed by atoms with van der Waals surface area (Å²) in [6, 6.07) is 4.99. The number of rotatable bonds is 4. The highest BCUT2D eigenvalue weighted by molar-refractivity contribution is 6.30. The molecule has 0 fully saturated rings. The molecule has 0 bridgehead atoms. The summed E-state index contributed by atoms with van der Waals surface area (Å²) in [6.45, 7) is 1.71. The number of aliphatic hydroxyl groups is 2. The predicted octanol–water partition coefficient (Wildman–Crippen LogP) is 1.59. The van der Waals surface area contributed by atoms with Crippen molar-refractivity contribution in [3.05, 3.63) is 28.8 Å². The average Bonchev–Trinajstić information content (AvgIpc) is 2.15. The van der Waals surface area contributed by atoms with E-state index in [0.717, 1.165) is 0 Å². The van der Waals surface area contributed by atoms with Gasteiger partial charge in [0, 0.05) is 10.6 Å². The minimum atomic E-state index is -0.530. The summed E-state index contributed by atoms with van der Waals surface area (Å²) >= 11 is 5.74. The van der Waals surface area contributed by atoms with Gasteiger partial charge in [0.05, 0.1) is 12.7 Å². The Labute approximate surface area is 87.9 Å². The van der Waals surface area contributed by atoms with E-state index in [2.05, 4.69) is 0 Å². The van der Waals surface area contributed by atoms with E-state index in [-0.39, 0.29) is 13.2 Å². The zero-order valence-corrected chi connectivity index (χ0v) is 8.66. The van der Waals surface area contributed by atoms with Crippen LogP contribution in [0.4, 0.5) is 0 Å². The van der Waals surface area contributed by atoms with E-state index in [9.17, 15) is 0 Å². The third-order valence-corrected chi connectivity index (χ3v) is 1.91. The summed E-state index contributed by atoms with van der Waals surface area (Å²) in [5.41, 5.74) is 0.623.